The molecule has 0 saturated heterocycles. The van der Waals surface area contributed by atoms with Gasteiger partial charge in [-0.15, -0.1) is 0 Å². The van der Waals surface area contributed by atoms with E-state index >= 15 is 0 Å². The number of carbonyl (C=O) groups excluding carboxylic acids is 1. The number of methoxy groups -OCH3 is 2. The molecule has 0 unspecified atom stereocenters. The summed E-state index contributed by atoms with van der Waals surface area (Å²) < 4.78 is 25.5. The summed E-state index contributed by atoms with van der Waals surface area (Å²) in [6.45, 7) is 0.314. The predicted molar refractivity (Wildman–Crippen MR) is 93.6 cm³/mol. The molecule has 1 heterocycles. The first-order chi connectivity index (χ1) is 12.0. The Kier molecular flexibility index (Phi) is 4.61. The minimum Gasteiger partial charge on any atom is -0.496 e. The van der Waals surface area contributed by atoms with Crippen molar-refractivity contribution in [3.05, 3.63) is 59.5 Å². The summed E-state index contributed by atoms with van der Waals surface area (Å²) in [5, 5.41) is 3.65. The molecule has 1 amide bonds. The Labute approximate surface area is 145 Å². The Bertz CT molecular complexity index is 917. The quantitative estimate of drug-likeness (QED) is 0.774. The van der Waals surface area contributed by atoms with Gasteiger partial charge in [-0.05, 0) is 35.9 Å². The summed E-state index contributed by atoms with van der Waals surface area (Å²) in [6, 6.07) is 11.4. The van der Waals surface area contributed by atoms with Crippen LogP contribution in [0.1, 0.15) is 16.1 Å². The summed E-state index contributed by atoms with van der Waals surface area (Å²) in [4.78, 5) is 12.6. The fourth-order valence-corrected chi connectivity index (χ4v) is 2.84. The zero-order chi connectivity index (χ0) is 18.0. The van der Waals surface area contributed by atoms with Gasteiger partial charge in [-0.3, -0.25) is 4.79 Å². The van der Waals surface area contributed by atoms with Crippen molar-refractivity contribution < 1.29 is 18.7 Å². The molecule has 2 aromatic carbocycles. The maximum atomic E-state index is 13.0. The SMILES string of the molecule is COc1ccc(OC)c2c1cc(C(=O)NCc1ccc(F)cc1)n2C. The number of nitrogens with one attached hydrogen (secondary N) is 1. The average molecular weight is 342 g/mol. The summed E-state index contributed by atoms with van der Waals surface area (Å²) in [7, 11) is 4.97. The Morgan fingerprint density at radius 2 is 1.72 bits per heavy atom. The number of hydrogen-bond donors (Lipinski definition) is 1. The summed E-state index contributed by atoms with van der Waals surface area (Å²) in [5.74, 6) is 0.801. The Hall–Kier alpha value is -3.02. The molecule has 0 spiro atoms. The molecular weight excluding hydrogens is 323 g/mol. The largest absolute Gasteiger partial charge is 0.496 e. The number of benzene rings is 2. The third-order valence-electron chi connectivity index (χ3n) is 4.16. The molecule has 5 nitrogen and oxygen atoms in total. The molecule has 1 N–H and O–H groups in total. The lowest BCUT2D eigenvalue weighted by Gasteiger charge is -2.09. The van der Waals surface area contributed by atoms with E-state index < -0.39 is 0 Å². The van der Waals surface area contributed by atoms with Gasteiger partial charge in [0.15, 0.2) is 0 Å². The maximum Gasteiger partial charge on any atom is 0.268 e. The van der Waals surface area contributed by atoms with Crippen LogP contribution >= 0.6 is 0 Å². The van der Waals surface area contributed by atoms with Crippen LogP contribution < -0.4 is 14.8 Å². The van der Waals surface area contributed by atoms with Gasteiger partial charge < -0.3 is 19.4 Å². The fraction of sp³-hybridized carbons (Fsp3) is 0.211. The van der Waals surface area contributed by atoms with Crippen LogP contribution in [0.2, 0.25) is 0 Å². The van der Waals surface area contributed by atoms with E-state index in [0.717, 1.165) is 16.5 Å². The third-order valence-corrected chi connectivity index (χ3v) is 4.16. The molecule has 0 aliphatic rings. The molecule has 25 heavy (non-hydrogen) atoms. The number of aromatic nitrogens is 1. The van der Waals surface area contributed by atoms with Gasteiger partial charge in [0.1, 0.15) is 23.0 Å². The minimum absolute atomic E-state index is 0.230. The van der Waals surface area contributed by atoms with Crippen LogP contribution in [0.5, 0.6) is 11.5 Å². The number of aryl methyl sites for hydroxylation is 1. The van der Waals surface area contributed by atoms with Crippen molar-refractivity contribution in [2.24, 2.45) is 7.05 Å². The molecule has 0 saturated carbocycles. The monoisotopic (exact) mass is 342 g/mol. The number of halogens is 1. The lowest BCUT2D eigenvalue weighted by Crippen LogP contribution is -2.24. The highest BCUT2D eigenvalue weighted by Gasteiger charge is 2.18. The van der Waals surface area contributed by atoms with Crippen molar-refractivity contribution >= 4 is 16.8 Å². The van der Waals surface area contributed by atoms with Gasteiger partial charge in [0.2, 0.25) is 0 Å². The Balaban J connectivity index is 1.91. The highest BCUT2D eigenvalue weighted by Crippen LogP contribution is 2.35. The molecule has 0 atom stereocenters. The molecule has 0 aliphatic heterocycles. The van der Waals surface area contributed by atoms with E-state index in [1.807, 2.05) is 0 Å². The van der Waals surface area contributed by atoms with Gasteiger partial charge >= 0.3 is 0 Å². The third kappa shape index (κ3) is 3.15. The van der Waals surface area contributed by atoms with Crippen LogP contribution in [0.3, 0.4) is 0 Å². The molecule has 1 aromatic heterocycles. The first-order valence-corrected chi connectivity index (χ1v) is 7.78. The smallest absolute Gasteiger partial charge is 0.268 e. The summed E-state index contributed by atoms with van der Waals surface area (Å²) >= 11 is 0. The number of carbonyl (C=O) groups is 1. The van der Waals surface area contributed by atoms with E-state index in [2.05, 4.69) is 5.32 Å². The second-order valence-corrected chi connectivity index (χ2v) is 5.63. The second-order valence-electron chi connectivity index (χ2n) is 5.63. The Morgan fingerprint density at radius 1 is 1.08 bits per heavy atom. The number of fused-ring (bicyclic) bond motifs is 1. The normalized spacial score (nSPS) is 10.7. The second kappa shape index (κ2) is 6.84. The molecular formula is C19H19FN2O3. The van der Waals surface area contributed by atoms with Crippen molar-refractivity contribution in [2.75, 3.05) is 14.2 Å². The molecule has 3 aromatic rings. The predicted octanol–water partition coefficient (Wildman–Crippen LogP) is 3.26. The first kappa shape index (κ1) is 16.8. The lowest BCUT2D eigenvalue weighted by molar-refractivity contribution is 0.0943. The van der Waals surface area contributed by atoms with E-state index in [1.165, 1.54) is 12.1 Å². The molecule has 3 rings (SSSR count). The van der Waals surface area contributed by atoms with Gasteiger partial charge in [-0.25, -0.2) is 4.39 Å². The first-order valence-electron chi connectivity index (χ1n) is 7.78. The van der Waals surface area contributed by atoms with Gasteiger partial charge in [0.25, 0.3) is 5.91 Å². The highest BCUT2D eigenvalue weighted by molar-refractivity contribution is 6.02. The summed E-state index contributed by atoms with van der Waals surface area (Å²) in [6.07, 6.45) is 0. The van der Waals surface area contributed by atoms with Crippen LogP contribution in [-0.2, 0) is 13.6 Å². The van der Waals surface area contributed by atoms with E-state index in [-0.39, 0.29) is 11.7 Å². The average Bonchev–Trinajstić information content (AvgIpc) is 2.98. The van der Waals surface area contributed by atoms with Gasteiger partial charge in [-0.1, -0.05) is 12.1 Å². The van der Waals surface area contributed by atoms with Crippen molar-refractivity contribution in [3.8, 4) is 11.5 Å². The number of ether oxygens (including phenoxy) is 2. The van der Waals surface area contributed by atoms with Gasteiger partial charge in [-0.2, -0.15) is 0 Å². The van der Waals surface area contributed by atoms with Crippen molar-refractivity contribution in [1.29, 1.82) is 0 Å². The van der Waals surface area contributed by atoms with E-state index in [1.54, 1.807) is 56.2 Å². The fourth-order valence-electron chi connectivity index (χ4n) is 2.84. The van der Waals surface area contributed by atoms with Crippen molar-refractivity contribution in [1.82, 2.24) is 9.88 Å². The minimum atomic E-state index is -0.303. The van der Waals surface area contributed by atoms with Gasteiger partial charge in [0, 0.05) is 19.0 Å². The molecule has 0 fully saturated rings. The molecule has 0 bridgehead atoms. The topological polar surface area (TPSA) is 52.5 Å². The number of rotatable bonds is 5. The van der Waals surface area contributed by atoms with Crippen LogP contribution in [0.4, 0.5) is 4.39 Å². The molecule has 0 aliphatic carbocycles. The van der Waals surface area contributed by atoms with Crippen LogP contribution in [0.15, 0.2) is 42.5 Å². The van der Waals surface area contributed by atoms with Crippen molar-refractivity contribution in [2.45, 2.75) is 6.54 Å². The zero-order valence-corrected chi connectivity index (χ0v) is 14.3. The van der Waals surface area contributed by atoms with Crippen molar-refractivity contribution in [3.63, 3.8) is 0 Å². The van der Waals surface area contributed by atoms with Gasteiger partial charge in [0.05, 0.1) is 19.7 Å². The Morgan fingerprint density at radius 3 is 2.36 bits per heavy atom. The number of amides is 1. The number of nitrogens with zero attached hydrogens (tertiary/aromatic N) is 1. The van der Waals surface area contributed by atoms with E-state index in [9.17, 15) is 9.18 Å². The van der Waals surface area contributed by atoms with Crippen LogP contribution in [0, 0.1) is 5.82 Å². The molecule has 130 valence electrons. The highest BCUT2D eigenvalue weighted by atomic mass is 19.1. The lowest BCUT2D eigenvalue weighted by atomic mass is 10.2. The standard InChI is InChI=1S/C19H19FN2O3/c1-22-15(19(23)21-11-12-4-6-13(20)7-5-12)10-14-16(24-2)8-9-17(25-3)18(14)22/h4-10H,11H2,1-3H3,(H,21,23). The number of hydrogen-bond acceptors (Lipinski definition) is 3. The summed E-state index contributed by atoms with van der Waals surface area (Å²) in [5.41, 5.74) is 2.09. The van der Waals surface area contributed by atoms with E-state index in [4.69, 9.17) is 9.47 Å². The molecule has 6 heteroatoms. The zero-order valence-electron chi connectivity index (χ0n) is 14.3. The maximum absolute atomic E-state index is 13.0. The van der Waals surface area contributed by atoms with E-state index in [0.29, 0.717) is 23.7 Å². The molecule has 0 radical (unpaired) electrons. The van der Waals surface area contributed by atoms with Crippen LogP contribution in [0.25, 0.3) is 10.9 Å². The van der Waals surface area contributed by atoms with Crippen LogP contribution in [-0.4, -0.2) is 24.7 Å².